The maximum atomic E-state index is 6.85. The Labute approximate surface area is 588 Å². The topological polar surface area (TPSA) is 59.0 Å². The lowest BCUT2D eigenvalue weighted by Gasteiger charge is -2.26. The van der Waals surface area contributed by atoms with Crippen molar-refractivity contribution in [2.75, 3.05) is 9.80 Å². The second-order valence-corrected chi connectivity index (χ2v) is 27.9. The molecular formula is C96H64N2O4. The van der Waals surface area contributed by atoms with Crippen LogP contribution >= 0.6 is 0 Å². The Morgan fingerprint density at radius 3 is 1.11 bits per heavy atom. The van der Waals surface area contributed by atoms with Crippen LogP contribution in [0.5, 0.6) is 0 Å². The summed E-state index contributed by atoms with van der Waals surface area (Å²) >= 11 is 0. The monoisotopic (exact) mass is 1310 g/mol. The average Bonchev–Trinajstić information content (AvgIpc) is 1.50. The molecule has 21 rings (SSSR count). The first-order valence-corrected chi connectivity index (χ1v) is 34.9. The van der Waals surface area contributed by atoms with Crippen LogP contribution in [0.4, 0.5) is 34.1 Å². The molecule has 0 saturated heterocycles. The van der Waals surface area contributed by atoms with E-state index >= 15 is 0 Å². The van der Waals surface area contributed by atoms with Gasteiger partial charge in [0.2, 0.25) is 0 Å². The van der Waals surface area contributed by atoms with E-state index < -0.39 is 0 Å². The van der Waals surface area contributed by atoms with Crippen molar-refractivity contribution < 1.29 is 17.7 Å². The lowest BCUT2D eigenvalue weighted by Crippen LogP contribution is -2.10. The van der Waals surface area contributed by atoms with Gasteiger partial charge < -0.3 is 27.5 Å². The van der Waals surface area contributed by atoms with E-state index in [1.165, 1.54) is 59.4 Å². The lowest BCUT2D eigenvalue weighted by atomic mass is 9.84. The van der Waals surface area contributed by atoms with E-state index in [0.717, 1.165) is 144 Å². The molecule has 0 amide bonds. The van der Waals surface area contributed by atoms with Crippen molar-refractivity contribution in [2.45, 2.75) is 26.2 Å². The number of para-hydroxylation sites is 4. The van der Waals surface area contributed by atoms with Gasteiger partial charge in [-0.2, -0.15) is 0 Å². The molecule has 4 heterocycles. The smallest absolute Gasteiger partial charge is 0.143 e. The largest absolute Gasteiger partial charge is 0.464 e. The summed E-state index contributed by atoms with van der Waals surface area (Å²) in [6, 6.07) is 115. The fourth-order valence-electron chi connectivity index (χ4n) is 16.1. The van der Waals surface area contributed by atoms with Crippen LogP contribution < -0.4 is 9.80 Å². The highest BCUT2D eigenvalue weighted by Gasteiger charge is 2.27. The predicted octanol–water partition coefficient (Wildman–Crippen LogP) is 28.2. The quantitative estimate of drug-likeness (QED) is 0.127. The predicted molar refractivity (Wildman–Crippen MR) is 427 cm³/mol. The molecule has 482 valence electrons. The summed E-state index contributed by atoms with van der Waals surface area (Å²) in [7, 11) is 0. The maximum Gasteiger partial charge on any atom is 0.143 e. The third kappa shape index (κ3) is 9.48. The molecule has 0 unspecified atom stereocenters. The standard InChI is InChI=1S/C56H36N2O2.C40H28O2/c1-5-13-41(14-6-1)57(42-15-7-2-8-16-42)45-25-21-37(22-26-45)47-35-51-54-50(34-40-30-32-59-55(40)51)48(36-52-53(54)49(47)33-39-29-31-60-56(39)52)38-23-27-46(28-24-38)58(43-17-9-3-10-18-43)44-19-11-4-12-20-44;1-40(2,3)27-16-19-33-30(22-27)31-20-25-14-18-29-35-26(15-17-28(34(25)35)38(31)41-33)21-32-36(23-10-6-4-7-11-23)37(42-39(29)32)24-12-8-5-9-13-24/h1-36H;4-22H,1-3H3. The Balaban J connectivity index is 0.000000145. The molecule has 0 saturated carbocycles. The van der Waals surface area contributed by atoms with E-state index in [1.807, 2.05) is 18.6 Å². The average molecular weight is 1310 g/mol. The second-order valence-electron chi connectivity index (χ2n) is 27.9. The number of fused-ring (bicyclic) bond motifs is 10. The molecule has 0 bridgehead atoms. The van der Waals surface area contributed by atoms with Crippen molar-refractivity contribution >= 4 is 154 Å². The molecule has 0 aliphatic carbocycles. The molecule has 0 radical (unpaired) electrons. The van der Waals surface area contributed by atoms with Crippen LogP contribution in [-0.2, 0) is 5.41 Å². The molecule has 0 spiro atoms. The molecule has 6 heteroatoms. The minimum Gasteiger partial charge on any atom is -0.464 e. The number of hydrogen-bond acceptors (Lipinski definition) is 6. The van der Waals surface area contributed by atoms with E-state index in [1.54, 1.807) is 0 Å². The van der Waals surface area contributed by atoms with Gasteiger partial charge in [0.15, 0.2) is 0 Å². The Kier molecular flexibility index (Phi) is 13.4. The van der Waals surface area contributed by atoms with Crippen LogP contribution in [0.2, 0.25) is 0 Å². The van der Waals surface area contributed by atoms with Crippen LogP contribution in [0.15, 0.2) is 352 Å². The minimum atomic E-state index is 0.0690. The number of furan rings is 4. The molecule has 17 aromatic carbocycles. The van der Waals surface area contributed by atoms with Gasteiger partial charge in [-0.1, -0.05) is 197 Å². The summed E-state index contributed by atoms with van der Waals surface area (Å²) in [6.45, 7) is 6.77. The summed E-state index contributed by atoms with van der Waals surface area (Å²) in [5.41, 5.74) is 20.5. The third-order valence-electron chi connectivity index (χ3n) is 20.8. The van der Waals surface area contributed by atoms with Gasteiger partial charge in [-0.15, -0.1) is 0 Å². The highest BCUT2D eigenvalue weighted by atomic mass is 16.3. The highest BCUT2D eigenvalue weighted by molar-refractivity contribution is 6.37. The molecule has 0 aliphatic heterocycles. The van der Waals surface area contributed by atoms with E-state index in [4.69, 9.17) is 17.7 Å². The zero-order chi connectivity index (χ0) is 67.7. The van der Waals surface area contributed by atoms with Gasteiger partial charge >= 0.3 is 0 Å². The number of nitrogens with zero attached hydrogens (tertiary/aromatic N) is 2. The van der Waals surface area contributed by atoms with Crippen molar-refractivity contribution in [3.05, 3.63) is 340 Å². The first-order chi connectivity index (χ1) is 50.2. The van der Waals surface area contributed by atoms with Crippen molar-refractivity contribution in [3.63, 3.8) is 0 Å². The van der Waals surface area contributed by atoms with E-state index in [2.05, 4.69) is 346 Å². The van der Waals surface area contributed by atoms with Gasteiger partial charge in [-0.3, -0.25) is 0 Å². The molecule has 6 nitrogen and oxygen atoms in total. The van der Waals surface area contributed by atoms with Crippen LogP contribution in [-0.4, -0.2) is 0 Å². The number of rotatable bonds is 10. The molecule has 4 aromatic heterocycles. The highest BCUT2D eigenvalue weighted by Crippen LogP contribution is 2.52. The fraction of sp³-hybridized carbons (Fsp3) is 0.0417. The number of hydrogen-bond donors (Lipinski definition) is 0. The molecule has 21 aromatic rings. The third-order valence-corrected chi connectivity index (χ3v) is 20.8. The van der Waals surface area contributed by atoms with E-state index in [9.17, 15) is 0 Å². The molecule has 0 N–H and O–H groups in total. The molecular weight excluding hydrogens is 1250 g/mol. The Hall–Kier alpha value is -13.2. The Morgan fingerprint density at radius 1 is 0.255 bits per heavy atom. The van der Waals surface area contributed by atoms with Crippen molar-refractivity contribution in [2.24, 2.45) is 0 Å². The molecule has 102 heavy (non-hydrogen) atoms. The van der Waals surface area contributed by atoms with Gasteiger partial charge in [-0.25, -0.2) is 0 Å². The van der Waals surface area contributed by atoms with Crippen molar-refractivity contribution in [3.8, 4) is 44.7 Å². The summed E-state index contributed by atoms with van der Waals surface area (Å²) in [6.07, 6.45) is 3.62. The first kappa shape index (κ1) is 58.9. The van der Waals surface area contributed by atoms with Gasteiger partial charge in [0.25, 0.3) is 0 Å². The van der Waals surface area contributed by atoms with E-state index in [0.29, 0.717) is 0 Å². The van der Waals surface area contributed by atoms with Crippen molar-refractivity contribution in [1.29, 1.82) is 0 Å². The van der Waals surface area contributed by atoms with Crippen molar-refractivity contribution in [1.82, 2.24) is 0 Å². The lowest BCUT2D eigenvalue weighted by molar-refractivity contribution is 0.590. The fourth-order valence-corrected chi connectivity index (χ4v) is 16.1. The van der Waals surface area contributed by atoms with Gasteiger partial charge in [0.05, 0.1) is 12.5 Å². The summed E-state index contributed by atoms with van der Waals surface area (Å²) in [4.78, 5) is 4.60. The SMILES string of the molecule is CC(C)(C)c1ccc2oc3c(cc4ccc5c6oc(-c7ccccc7)c(-c7ccccc7)c6cc6ccc3c4c65)c2c1.c1ccc(N(c2ccccc2)c2ccc(-c3cc4c5occc5cc5c(-c6ccc(N(c7ccccc7)c7ccccc7)cc6)cc6c7occc7cc3c6c54)cc2)cc1. The zero-order valence-electron chi connectivity index (χ0n) is 56.3. The summed E-state index contributed by atoms with van der Waals surface area (Å²) in [5.74, 6) is 0.904. The maximum absolute atomic E-state index is 6.85. The van der Waals surface area contributed by atoms with Crippen LogP contribution in [0.25, 0.3) is 164 Å². The Bertz CT molecular complexity index is 6420. The number of anilines is 6. The van der Waals surface area contributed by atoms with Crippen LogP contribution in [0.3, 0.4) is 0 Å². The first-order valence-electron chi connectivity index (χ1n) is 34.9. The molecule has 0 aliphatic rings. The normalized spacial score (nSPS) is 12.1. The van der Waals surface area contributed by atoms with Gasteiger partial charge in [-0.05, 0) is 206 Å². The van der Waals surface area contributed by atoms with Crippen LogP contribution in [0.1, 0.15) is 26.3 Å². The van der Waals surface area contributed by atoms with Gasteiger partial charge in [0.1, 0.15) is 33.7 Å². The molecule has 0 fully saturated rings. The second kappa shape index (κ2) is 23.2. The number of benzene rings is 17. The Morgan fingerprint density at radius 2 is 0.657 bits per heavy atom. The summed E-state index contributed by atoms with van der Waals surface area (Å²) in [5, 5.41) is 19.7. The van der Waals surface area contributed by atoms with Gasteiger partial charge in [0, 0.05) is 115 Å². The minimum absolute atomic E-state index is 0.0690. The molecule has 0 atom stereocenters. The van der Waals surface area contributed by atoms with E-state index in [-0.39, 0.29) is 5.41 Å². The zero-order valence-corrected chi connectivity index (χ0v) is 56.3. The summed E-state index contributed by atoms with van der Waals surface area (Å²) < 4.78 is 26.1. The van der Waals surface area contributed by atoms with Crippen LogP contribution in [0, 0.1) is 0 Å².